The van der Waals surface area contributed by atoms with Gasteiger partial charge >= 0.3 is 0 Å². The van der Waals surface area contributed by atoms with Crippen LogP contribution in [0, 0.1) is 0 Å². The van der Waals surface area contributed by atoms with E-state index in [-0.39, 0.29) is 0 Å². The van der Waals surface area contributed by atoms with Gasteiger partial charge in [-0.15, -0.1) is 11.3 Å². The molecule has 0 aliphatic heterocycles. The quantitative estimate of drug-likeness (QED) is 0.393. The van der Waals surface area contributed by atoms with E-state index in [0.717, 1.165) is 37.1 Å². The average molecular weight is 353 g/mol. The van der Waals surface area contributed by atoms with E-state index in [4.69, 9.17) is 4.98 Å². The summed E-state index contributed by atoms with van der Waals surface area (Å²) in [6.07, 6.45) is 0. The summed E-state index contributed by atoms with van der Waals surface area (Å²) in [5.41, 5.74) is 4.07. The molecular weight excluding hydrogens is 338 g/mol. The van der Waals surface area contributed by atoms with Gasteiger partial charge < -0.3 is 5.11 Å². The highest BCUT2D eigenvalue weighted by molar-refractivity contribution is 7.21. The monoisotopic (exact) mass is 353 g/mol. The number of hydrogen-bond acceptors (Lipinski definition) is 3. The minimum absolute atomic E-state index is 0.297. The summed E-state index contributed by atoms with van der Waals surface area (Å²) in [7, 11) is 0. The van der Waals surface area contributed by atoms with Crippen molar-refractivity contribution in [3.63, 3.8) is 0 Å². The van der Waals surface area contributed by atoms with Crippen LogP contribution in [0.3, 0.4) is 0 Å². The Balaban J connectivity index is 1.65. The number of fused-ring (bicyclic) bond motifs is 2. The molecule has 0 unspecified atom stereocenters. The maximum Gasteiger partial charge on any atom is 0.133 e. The van der Waals surface area contributed by atoms with Crippen LogP contribution in [0.15, 0.2) is 84.9 Å². The van der Waals surface area contributed by atoms with Gasteiger partial charge in [-0.3, -0.25) is 0 Å². The van der Waals surface area contributed by atoms with E-state index in [2.05, 4.69) is 30.3 Å². The number of thiazole rings is 1. The van der Waals surface area contributed by atoms with Crippen molar-refractivity contribution in [1.29, 1.82) is 0 Å². The van der Waals surface area contributed by atoms with Crippen LogP contribution in [0.5, 0.6) is 5.75 Å². The van der Waals surface area contributed by atoms with Gasteiger partial charge in [0.05, 0.1) is 15.8 Å². The molecule has 1 N–H and O–H groups in total. The van der Waals surface area contributed by atoms with Gasteiger partial charge in [-0.05, 0) is 34.7 Å². The van der Waals surface area contributed by atoms with Gasteiger partial charge in [-0.2, -0.15) is 0 Å². The first-order chi connectivity index (χ1) is 12.8. The minimum atomic E-state index is 0.297. The zero-order valence-corrected chi connectivity index (χ0v) is 14.7. The van der Waals surface area contributed by atoms with E-state index in [0.29, 0.717) is 5.75 Å². The van der Waals surface area contributed by atoms with E-state index >= 15 is 0 Å². The van der Waals surface area contributed by atoms with E-state index in [1.807, 2.05) is 54.6 Å². The van der Waals surface area contributed by atoms with Crippen molar-refractivity contribution in [2.75, 3.05) is 0 Å². The molecule has 0 aliphatic carbocycles. The Labute approximate surface area is 155 Å². The van der Waals surface area contributed by atoms with Crippen LogP contribution in [-0.2, 0) is 0 Å². The van der Waals surface area contributed by atoms with E-state index in [9.17, 15) is 5.11 Å². The predicted molar refractivity (Wildman–Crippen MR) is 110 cm³/mol. The van der Waals surface area contributed by atoms with Crippen LogP contribution in [0.4, 0.5) is 0 Å². The molecule has 124 valence electrons. The molecule has 4 aromatic carbocycles. The van der Waals surface area contributed by atoms with Crippen LogP contribution in [-0.4, -0.2) is 10.1 Å². The maximum atomic E-state index is 10.7. The van der Waals surface area contributed by atoms with Crippen molar-refractivity contribution in [1.82, 2.24) is 4.98 Å². The summed E-state index contributed by atoms with van der Waals surface area (Å²) in [6.45, 7) is 0. The molecule has 0 fully saturated rings. The molecule has 2 nitrogen and oxygen atoms in total. The molecule has 26 heavy (non-hydrogen) atoms. The normalized spacial score (nSPS) is 11.2. The fourth-order valence-corrected chi connectivity index (χ4v) is 4.25. The molecule has 0 aliphatic rings. The van der Waals surface area contributed by atoms with Crippen LogP contribution < -0.4 is 0 Å². The average Bonchev–Trinajstić information content (AvgIpc) is 3.12. The Kier molecular flexibility index (Phi) is 3.47. The fourth-order valence-electron chi connectivity index (χ4n) is 3.28. The Bertz CT molecular complexity index is 1240. The first-order valence-electron chi connectivity index (χ1n) is 8.47. The Morgan fingerprint density at radius 2 is 1.54 bits per heavy atom. The molecule has 1 aromatic heterocycles. The van der Waals surface area contributed by atoms with Crippen molar-refractivity contribution in [3.05, 3.63) is 84.9 Å². The molecule has 1 heterocycles. The van der Waals surface area contributed by atoms with Gasteiger partial charge in [0.1, 0.15) is 10.8 Å². The van der Waals surface area contributed by atoms with Gasteiger partial charge in [0.2, 0.25) is 0 Å². The van der Waals surface area contributed by atoms with Crippen LogP contribution >= 0.6 is 11.3 Å². The molecule has 0 saturated carbocycles. The van der Waals surface area contributed by atoms with Gasteiger partial charge in [0.25, 0.3) is 0 Å². The summed E-state index contributed by atoms with van der Waals surface area (Å²) in [4.78, 5) is 4.80. The van der Waals surface area contributed by atoms with E-state index in [1.165, 1.54) is 5.56 Å². The Morgan fingerprint density at radius 3 is 2.42 bits per heavy atom. The third kappa shape index (κ3) is 2.45. The molecule has 0 spiro atoms. The highest BCUT2D eigenvalue weighted by Crippen LogP contribution is 2.39. The number of aromatic nitrogens is 1. The summed E-state index contributed by atoms with van der Waals surface area (Å²) in [5, 5.41) is 13.5. The van der Waals surface area contributed by atoms with Crippen LogP contribution in [0.25, 0.3) is 42.7 Å². The number of benzene rings is 4. The lowest BCUT2D eigenvalue weighted by Gasteiger charge is -2.05. The van der Waals surface area contributed by atoms with Crippen LogP contribution in [0.2, 0.25) is 0 Å². The molecule has 0 bridgehead atoms. The highest BCUT2D eigenvalue weighted by Gasteiger charge is 2.13. The number of phenols is 1. The highest BCUT2D eigenvalue weighted by atomic mass is 32.1. The summed E-state index contributed by atoms with van der Waals surface area (Å²) < 4.78 is 1.12. The number of aromatic hydroxyl groups is 1. The van der Waals surface area contributed by atoms with Gasteiger partial charge in [0, 0.05) is 5.39 Å². The number of rotatable bonds is 2. The minimum Gasteiger partial charge on any atom is -0.507 e. The third-order valence-electron chi connectivity index (χ3n) is 4.63. The first kappa shape index (κ1) is 15.1. The lowest BCUT2D eigenvalue weighted by molar-refractivity contribution is 0.483. The summed E-state index contributed by atoms with van der Waals surface area (Å²) in [5.74, 6) is 0.297. The number of hydrogen-bond donors (Lipinski definition) is 1. The van der Waals surface area contributed by atoms with Crippen LogP contribution in [0.1, 0.15) is 0 Å². The Hall–Kier alpha value is -3.17. The molecule has 5 aromatic rings. The van der Waals surface area contributed by atoms with Crippen molar-refractivity contribution in [3.8, 4) is 27.4 Å². The summed E-state index contributed by atoms with van der Waals surface area (Å²) in [6, 6.07) is 28.5. The predicted octanol–water partition coefficient (Wildman–Crippen LogP) is 6.49. The van der Waals surface area contributed by atoms with Crippen molar-refractivity contribution >= 4 is 32.3 Å². The maximum absolute atomic E-state index is 10.7. The van der Waals surface area contributed by atoms with Crippen molar-refractivity contribution in [2.24, 2.45) is 0 Å². The zero-order valence-electron chi connectivity index (χ0n) is 13.9. The summed E-state index contributed by atoms with van der Waals surface area (Å²) >= 11 is 1.61. The second-order valence-corrected chi connectivity index (χ2v) is 7.28. The first-order valence-corrected chi connectivity index (χ1v) is 9.28. The van der Waals surface area contributed by atoms with Crippen molar-refractivity contribution in [2.45, 2.75) is 0 Å². The molecular formula is C23H15NOS. The van der Waals surface area contributed by atoms with Gasteiger partial charge in [0.15, 0.2) is 0 Å². The SMILES string of the molecule is Oc1c(-c2nc3cc(-c4ccccc4)ccc3s2)ccc2ccccc12. The smallest absolute Gasteiger partial charge is 0.133 e. The zero-order chi connectivity index (χ0) is 17.5. The number of phenolic OH excluding ortho intramolecular Hbond substituents is 1. The lowest BCUT2D eigenvalue weighted by Crippen LogP contribution is -1.81. The third-order valence-corrected chi connectivity index (χ3v) is 5.70. The van der Waals surface area contributed by atoms with E-state index in [1.54, 1.807) is 11.3 Å². The standard InChI is InChI=1S/C23H15NOS/c25-22-18-9-5-4-8-16(18)10-12-19(22)23-24-20-14-17(11-13-21(20)26-23)15-6-2-1-3-7-15/h1-14,25H. The van der Waals surface area contributed by atoms with E-state index < -0.39 is 0 Å². The van der Waals surface area contributed by atoms with Gasteiger partial charge in [-0.1, -0.05) is 66.7 Å². The number of nitrogens with zero attached hydrogens (tertiary/aromatic N) is 1. The Morgan fingerprint density at radius 1 is 0.731 bits per heavy atom. The van der Waals surface area contributed by atoms with Crippen molar-refractivity contribution < 1.29 is 5.11 Å². The topological polar surface area (TPSA) is 33.1 Å². The molecule has 0 amide bonds. The second-order valence-electron chi connectivity index (χ2n) is 6.25. The molecule has 5 rings (SSSR count). The van der Waals surface area contributed by atoms with Gasteiger partial charge in [-0.25, -0.2) is 4.98 Å². The fraction of sp³-hybridized carbons (Fsp3) is 0. The molecule has 0 radical (unpaired) electrons. The second kappa shape index (κ2) is 5.97. The lowest BCUT2D eigenvalue weighted by atomic mass is 10.1. The largest absolute Gasteiger partial charge is 0.507 e. The molecule has 0 atom stereocenters. The molecule has 3 heteroatoms. The molecule has 0 saturated heterocycles.